The summed E-state index contributed by atoms with van der Waals surface area (Å²) in [6.45, 7) is 7.95. The normalized spacial score (nSPS) is 13.4. The molecular weight excluding hydrogens is 617 g/mol. The first-order valence-corrected chi connectivity index (χ1v) is 15.9. The second kappa shape index (κ2) is 14.2. The number of likely N-dealkylation sites (N-methyl/N-ethyl adjacent to an activating group) is 1. The van der Waals surface area contributed by atoms with Crippen molar-refractivity contribution in [3.8, 4) is 11.1 Å². The van der Waals surface area contributed by atoms with Gasteiger partial charge >= 0.3 is 12.1 Å². The Morgan fingerprint density at radius 1 is 1.11 bits per heavy atom. The molecule has 0 saturated carbocycles. The number of benzene rings is 2. The zero-order valence-corrected chi connectivity index (χ0v) is 27.6. The van der Waals surface area contributed by atoms with Gasteiger partial charge in [0, 0.05) is 24.4 Å². The minimum atomic E-state index is -4.75. The van der Waals surface area contributed by atoms with E-state index in [1.807, 2.05) is 52.0 Å². The van der Waals surface area contributed by atoms with Gasteiger partial charge in [0.15, 0.2) is 0 Å². The van der Waals surface area contributed by atoms with Gasteiger partial charge in [-0.2, -0.15) is 13.2 Å². The molecule has 2 atom stereocenters. The van der Waals surface area contributed by atoms with E-state index in [0.29, 0.717) is 23.7 Å². The molecular formula is C34H39F3N4O4S. The molecule has 4 rings (SSSR count). The number of aliphatic carboxylic acids is 1. The molecule has 2 aromatic carbocycles. The average molecular weight is 657 g/mol. The van der Waals surface area contributed by atoms with Crippen molar-refractivity contribution in [1.82, 2.24) is 19.8 Å². The lowest BCUT2D eigenvalue weighted by molar-refractivity contribution is -0.139. The Morgan fingerprint density at radius 3 is 2.37 bits per heavy atom. The smallest absolute Gasteiger partial charge is 0.416 e. The molecule has 2 aromatic heterocycles. The van der Waals surface area contributed by atoms with E-state index >= 15 is 0 Å². The van der Waals surface area contributed by atoms with Crippen LogP contribution in [0.4, 0.5) is 13.2 Å². The van der Waals surface area contributed by atoms with Gasteiger partial charge in [0.2, 0.25) is 5.91 Å². The van der Waals surface area contributed by atoms with Crippen LogP contribution in [0.25, 0.3) is 21.3 Å². The summed E-state index contributed by atoms with van der Waals surface area (Å²) in [7, 11) is 3.46. The van der Waals surface area contributed by atoms with Gasteiger partial charge in [0.1, 0.15) is 6.04 Å². The van der Waals surface area contributed by atoms with E-state index in [1.54, 1.807) is 30.6 Å². The third kappa shape index (κ3) is 8.03. The number of carbonyl (C=O) groups is 2. The van der Waals surface area contributed by atoms with Crippen molar-refractivity contribution >= 4 is 33.4 Å². The second-order valence-electron chi connectivity index (χ2n) is 12.3. The van der Waals surface area contributed by atoms with Crippen molar-refractivity contribution in [3.63, 3.8) is 0 Å². The van der Waals surface area contributed by atoms with Crippen LogP contribution in [-0.2, 0) is 22.2 Å². The number of hydrogen-bond donors (Lipinski definition) is 2. The highest BCUT2D eigenvalue weighted by atomic mass is 32.1. The van der Waals surface area contributed by atoms with Gasteiger partial charge < -0.3 is 19.9 Å². The number of carbonyl (C=O) groups excluding carboxylic acids is 1. The molecule has 2 N–H and O–H groups in total. The molecule has 246 valence electrons. The number of rotatable bonds is 12. The predicted molar refractivity (Wildman–Crippen MR) is 174 cm³/mol. The number of alkyl halides is 3. The minimum Gasteiger partial charge on any atom is -0.481 e. The van der Waals surface area contributed by atoms with E-state index in [9.17, 15) is 32.7 Å². The molecule has 46 heavy (non-hydrogen) atoms. The number of pyridine rings is 1. The molecule has 0 aliphatic rings. The van der Waals surface area contributed by atoms with Gasteiger partial charge in [-0.3, -0.25) is 14.4 Å². The number of amides is 1. The van der Waals surface area contributed by atoms with Crippen LogP contribution in [0.15, 0.2) is 52.9 Å². The fourth-order valence-electron chi connectivity index (χ4n) is 5.75. The van der Waals surface area contributed by atoms with Crippen molar-refractivity contribution in [2.75, 3.05) is 20.6 Å². The van der Waals surface area contributed by atoms with Crippen LogP contribution in [-0.4, -0.2) is 52.1 Å². The molecule has 4 aromatic rings. The number of aromatic nitrogens is 2. The molecule has 0 fully saturated rings. The van der Waals surface area contributed by atoms with Crippen LogP contribution in [0, 0.1) is 19.8 Å². The van der Waals surface area contributed by atoms with Crippen molar-refractivity contribution in [2.45, 2.75) is 65.2 Å². The summed E-state index contributed by atoms with van der Waals surface area (Å²) in [5, 5.41) is 12.7. The van der Waals surface area contributed by atoms with E-state index < -0.39 is 47.7 Å². The molecule has 1 amide bonds. The first-order chi connectivity index (χ1) is 21.6. The second-order valence-corrected chi connectivity index (χ2v) is 13.2. The summed E-state index contributed by atoms with van der Waals surface area (Å²) >= 11 is 1.46. The summed E-state index contributed by atoms with van der Waals surface area (Å²) < 4.78 is 43.8. The molecule has 0 aliphatic heterocycles. The summed E-state index contributed by atoms with van der Waals surface area (Å²) in [6.07, 6.45) is -3.92. The lowest BCUT2D eigenvalue weighted by Gasteiger charge is -2.26. The molecule has 8 nitrogen and oxygen atoms in total. The monoisotopic (exact) mass is 656 g/mol. The Balaban J connectivity index is 1.81. The van der Waals surface area contributed by atoms with Gasteiger partial charge in [0.05, 0.1) is 33.8 Å². The number of carboxylic acids is 1. The van der Waals surface area contributed by atoms with Crippen molar-refractivity contribution < 1.29 is 27.9 Å². The number of carboxylic acid groups (broad SMARTS) is 1. The Kier molecular flexibility index (Phi) is 10.7. The number of nitrogens with one attached hydrogen (secondary N) is 1. The molecule has 0 bridgehead atoms. The third-order valence-electron chi connectivity index (χ3n) is 7.93. The van der Waals surface area contributed by atoms with Crippen LogP contribution in [0.1, 0.15) is 66.6 Å². The van der Waals surface area contributed by atoms with Crippen molar-refractivity contribution in [2.24, 2.45) is 5.92 Å². The summed E-state index contributed by atoms with van der Waals surface area (Å²) in [5.41, 5.74) is 4.67. The summed E-state index contributed by atoms with van der Waals surface area (Å²) in [5.74, 6) is -1.93. The minimum absolute atomic E-state index is 0.00846. The van der Waals surface area contributed by atoms with E-state index in [4.69, 9.17) is 0 Å². The molecule has 2 unspecified atom stereocenters. The zero-order valence-electron chi connectivity index (χ0n) is 26.7. The number of hydrogen-bond acceptors (Lipinski definition) is 6. The number of thiazole rings is 1. The number of nitrogens with zero attached hydrogens (tertiary/aromatic N) is 3. The molecule has 0 radical (unpaired) electrons. The van der Waals surface area contributed by atoms with E-state index in [-0.39, 0.29) is 24.3 Å². The molecule has 2 heterocycles. The van der Waals surface area contributed by atoms with Crippen LogP contribution < -0.4 is 10.9 Å². The highest BCUT2D eigenvalue weighted by Gasteiger charge is 2.36. The fourth-order valence-corrected chi connectivity index (χ4v) is 6.54. The third-order valence-corrected chi connectivity index (χ3v) is 8.81. The van der Waals surface area contributed by atoms with Crippen molar-refractivity contribution in [3.05, 3.63) is 86.3 Å². The SMILES string of the molecule is Cc1cccc(C)c1-c1cc(C(CC(=O)O)NC(=O)C(CC(C)C)n2cc(CCN(C)C)c(C(F)(F)F)cc2=O)cc2ncsc12. The number of fused-ring (bicyclic) bond motifs is 1. The van der Waals surface area contributed by atoms with Crippen LogP contribution in [0.5, 0.6) is 0 Å². The highest BCUT2D eigenvalue weighted by molar-refractivity contribution is 7.17. The maximum absolute atomic E-state index is 14.0. The lowest BCUT2D eigenvalue weighted by Crippen LogP contribution is -2.40. The predicted octanol–water partition coefficient (Wildman–Crippen LogP) is 6.78. The van der Waals surface area contributed by atoms with E-state index in [1.165, 1.54) is 11.3 Å². The van der Waals surface area contributed by atoms with Crippen LogP contribution in [0.3, 0.4) is 0 Å². The van der Waals surface area contributed by atoms with Gasteiger partial charge in [-0.25, -0.2) is 4.98 Å². The standard InChI is InChI=1S/C34H39F3N4O4S/c1-19(2)12-28(41-17-22(10-11-40(5)6)25(15-29(41)42)34(35,36)37)33(45)39-26(16-30(43)44)23-13-24(32-27(14-23)38-18-46-32)31-20(3)8-7-9-21(31)4/h7-9,13-15,17-19,26,28H,10-12,16H2,1-6H3,(H,39,45)(H,43,44). The summed E-state index contributed by atoms with van der Waals surface area (Å²) in [4.78, 5) is 45.5. The largest absolute Gasteiger partial charge is 0.481 e. The fraction of sp³-hybridized carbons (Fsp3) is 0.412. The van der Waals surface area contributed by atoms with Gasteiger partial charge in [-0.15, -0.1) is 11.3 Å². The molecule has 0 aliphatic carbocycles. The first-order valence-electron chi connectivity index (χ1n) is 15.0. The van der Waals surface area contributed by atoms with Crippen molar-refractivity contribution in [1.29, 1.82) is 0 Å². The van der Waals surface area contributed by atoms with E-state index in [0.717, 1.165) is 37.7 Å². The first kappa shape index (κ1) is 34.8. The van der Waals surface area contributed by atoms with Gasteiger partial charge in [0.25, 0.3) is 5.56 Å². The summed E-state index contributed by atoms with van der Waals surface area (Å²) in [6, 6.07) is 7.92. The van der Waals surface area contributed by atoms with E-state index in [2.05, 4.69) is 10.3 Å². The zero-order chi connectivity index (χ0) is 33.9. The maximum atomic E-state index is 14.0. The Hall–Kier alpha value is -4.03. The Bertz CT molecular complexity index is 1780. The topological polar surface area (TPSA) is 105 Å². The average Bonchev–Trinajstić information content (AvgIpc) is 3.43. The van der Waals surface area contributed by atoms with Gasteiger partial charge in [-0.1, -0.05) is 32.0 Å². The Labute approximate surface area is 269 Å². The molecule has 12 heteroatoms. The van der Waals surface area contributed by atoms with Gasteiger partial charge in [-0.05, 0) is 86.7 Å². The highest BCUT2D eigenvalue weighted by Crippen LogP contribution is 2.38. The quantitative estimate of drug-likeness (QED) is 0.174. The lowest BCUT2D eigenvalue weighted by atomic mass is 9.92. The number of halogens is 3. The van der Waals surface area contributed by atoms with Crippen LogP contribution >= 0.6 is 11.3 Å². The Morgan fingerprint density at radius 2 is 1.78 bits per heavy atom. The molecule has 0 spiro atoms. The maximum Gasteiger partial charge on any atom is 0.416 e. The molecule has 0 saturated heterocycles. The van der Waals surface area contributed by atoms with Crippen LogP contribution in [0.2, 0.25) is 0 Å². The number of aryl methyl sites for hydroxylation is 2.